The molecule has 2 heterocycles. The van der Waals surface area contributed by atoms with Crippen LogP contribution < -0.4 is 10.6 Å². The number of para-hydroxylation sites is 2. The van der Waals surface area contributed by atoms with Crippen molar-refractivity contribution in [1.29, 1.82) is 0 Å². The monoisotopic (exact) mass is 479 g/mol. The van der Waals surface area contributed by atoms with Crippen molar-refractivity contribution < 1.29 is 0 Å². The Morgan fingerprint density at radius 3 is 2.35 bits per heavy atom. The van der Waals surface area contributed by atoms with Crippen LogP contribution in [0.15, 0.2) is 134 Å². The zero-order valence-corrected chi connectivity index (χ0v) is 20.9. The van der Waals surface area contributed by atoms with E-state index < -0.39 is 0 Å². The van der Waals surface area contributed by atoms with Crippen LogP contribution in [0.25, 0.3) is 44.2 Å². The van der Waals surface area contributed by atoms with Crippen molar-refractivity contribution in [2.75, 3.05) is 4.90 Å². The van der Waals surface area contributed by atoms with E-state index in [1.165, 1.54) is 38.6 Å². The molecule has 0 bridgehead atoms. The minimum atomic E-state index is 0.116. The highest BCUT2D eigenvalue weighted by Gasteiger charge is 2.18. The fourth-order valence-corrected chi connectivity index (χ4v) is 5.30. The van der Waals surface area contributed by atoms with Gasteiger partial charge in [-0.15, -0.1) is 0 Å². The lowest BCUT2D eigenvalue weighted by atomic mass is 9.95. The van der Waals surface area contributed by atoms with E-state index >= 15 is 0 Å². The Balaban J connectivity index is 1.52. The van der Waals surface area contributed by atoms with Crippen LogP contribution in [-0.2, 0) is 0 Å². The van der Waals surface area contributed by atoms with E-state index in [2.05, 4.69) is 126 Å². The van der Waals surface area contributed by atoms with Crippen LogP contribution in [0.2, 0.25) is 0 Å². The summed E-state index contributed by atoms with van der Waals surface area (Å²) in [7, 11) is 0. The average molecular weight is 480 g/mol. The maximum Gasteiger partial charge on any atom is 0.0541 e. The highest BCUT2D eigenvalue weighted by Crippen LogP contribution is 2.38. The summed E-state index contributed by atoms with van der Waals surface area (Å²) in [5, 5.41) is 2.49. The Hall–Kier alpha value is -4.76. The molecule has 180 valence electrons. The molecule has 0 fully saturated rings. The van der Waals surface area contributed by atoms with Crippen LogP contribution in [0, 0.1) is 0 Å². The van der Waals surface area contributed by atoms with Crippen molar-refractivity contribution in [3.63, 3.8) is 0 Å². The molecule has 1 unspecified atom stereocenters. The van der Waals surface area contributed by atoms with Crippen molar-refractivity contribution >= 4 is 33.1 Å². The highest BCUT2D eigenvalue weighted by molar-refractivity contribution is 6.10. The predicted molar refractivity (Wildman–Crippen MR) is 159 cm³/mol. The molecule has 1 aliphatic rings. The average Bonchev–Trinajstić information content (AvgIpc) is 3.26. The van der Waals surface area contributed by atoms with E-state index in [0.717, 1.165) is 16.8 Å². The molecule has 4 aromatic carbocycles. The lowest BCUT2D eigenvalue weighted by Gasteiger charge is -2.29. The van der Waals surface area contributed by atoms with Gasteiger partial charge in [-0.3, -0.25) is 0 Å². The molecule has 1 aliphatic heterocycles. The van der Waals surface area contributed by atoms with Crippen LogP contribution in [0.5, 0.6) is 0 Å². The summed E-state index contributed by atoms with van der Waals surface area (Å²) in [6.45, 7) is 6.50. The standard InChI is InChI=1S/C34H29N3/c1-24-10-8-9-21-36(25(2)19-20-35)32-17-15-26(22-30(24)32)27-16-18-34-31(23-27)29-13-6-7-14-33(29)37(34)28-11-4-3-5-12-28/h3-23,25H,1,35H2,2H3/b10-8-,20-19-,21-9-. The summed E-state index contributed by atoms with van der Waals surface area (Å²) in [6, 6.07) is 32.7. The molecule has 5 aromatic rings. The van der Waals surface area contributed by atoms with Gasteiger partial charge in [-0.2, -0.15) is 0 Å². The van der Waals surface area contributed by atoms with Crippen molar-refractivity contribution in [3.8, 4) is 16.8 Å². The Kier molecular flexibility index (Phi) is 5.74. The van der Waals surface area contributed by atoms with Gasteiger partial charge < -0.3 is 15.2 Å². The minimum absolute atomic E-state index is 0.116. The van der Waals surface area contributed by atoms with Crippen LogP contribution in [0.1, 0.15) is 12.5 Å². The fourth-order valence-electron chi connectivity index (χ4n) is 5.30. The molecule has 37 heavy (non-hydrogen) atoms. The van der Waals surface area contributed by atoms with Gasteiger partial charge in [0, 0.05) is 33.9 Å². The van der Waals surface area contributed by atoms with Gasteiger partial charge in [0.2, 0.25) is 0 Å². The van der Waals surface area contributed by atoms with E-state index in [4.69, 9.17) is 5.73 Å². The number of aromatic nitrogens is 1. The molecule has 6 rings (SSSR count). The minimum Gasteiger partial charge on any atom is -0.405 e. The summed E-state index contributed by atoms with van der Waals surface area (Å²) in [5.41, 5.74) is 14.8. The van der Waals surface area contributed by atoms with Gasteiger partial charge in [0.1, 0.15) is 0 Å². The SMILES string of the molecule is C=C1/C=C\C=C/N(C(C)/C=C\N)c2ccc(-c3ccc4c(c3)c3ccccc3n4-c3ccccc3)cc21. The number of rotatable bonds is 4. The summed E-state index contributed by atoms with van der Waals surface area (Å²) in [5.74, 6) is 0. The largest absolute Gasteiger partial charge is 0.405 e. The number of nitrogens with two attached hydrogens (primary N) is 1. The highest BCUT2D eigenvalue weighted by atomic mass is 15.1. The van der Waals surface area contributed by atoms with E-state index in [9.17, 15) is 0 Å². The molecule has 3 heteroatoms. The lowest BCUT2D eigenvalue weighted by molar-refractivity contribution is 0.853. The third-order valence-corrected chi connectivity index (χ3v) is 7.12. The van der Waals surface area contributed by atoms with Crippen LogP contribution in [0.3, 0.4) is 0 Å². The second-order valence-electron chi connectivity index (χ2n) is 9.41. The van der Waals surface area contributed by atoms with Gasteiger partial charge in [0.25, 0.3) is 0 Å². The fraction of sp³-hybridized carbons (Fsp3) is 0.0588. The van der Waals surface area contributed by atoms with Gasteiger partial charge in [-0.05, 0) is 84.4 Å². The Bertz CT molecular complexity index is 1720. The maximum atomic E-state index is 5.71. The summed E-state index contributed by atoms with van der Waals surface area (Å²) >= 11 is 0. The molecule has 1 aromatic heterocycles. The number of hydrogen-bond donors (Lipinski definition) is 1. The first-order valence-electron chi connectivity index (χ1n) is 12.6. The third-order valence-electron chi connectivity index (χ3n) is 7.12. The Labute approximate surface area is 217 Å². The van der Waals surface area contributed by atoms with Gasteiger partial charge in [0.15, 0.2) is 0 Å². The normalized spacial score (nSPS) is 16.0. The van der Waals surface area contributed by atoms with Gasteiger partial charge in [-0.25, -0.2) is 0 Å². The zero-order valence-electron chi connectivity index (χ0n) is 20.9. The van der Waals surface area contributed by atoms with E-state index in [1.54, 1.807) is 6.20 Å². The van der Waals surface area contributed by atoms with Crippen molar-refractivity contribution in [2.45, 2.75) is 13.0 Å². The lowest BCUT2D eigenvalue weighted by Crippen LogP contribution is -2.27. The number of fused-ring (bicyclic) bond motifs is 4. The molecule has 0 spiro atoms. The summed E-state index contributed by atoms with van der Waals surface area (Å²) in [6.07, 6.45) is 11.8. The molecule has 0 radical (unpaired) electrons. The van der Waals surface area contributed by atoms with Gasteiger partial charge in [0.05, 0.1) is 17.1 Å². The number of allylic oxidation sites excluding steroid dienone is 4. The number of anilines is 1. The number of nitrogens with zero attached hydrogens (tertiary/aromatic N) is 2. The van der Waals surface area contributed by atoms with Crippen molar-refractivity contribution in [3.05, 3.63) is 140 Å². The summed E-state index contributed by atoms with van der Waals surface area (Å²) < 4.78 is 2.35. The predicted octanol–water partition coefficient (Wildman–Crippen LogP) is 8.21. The quantitative estimate of drug-likeness (QED) is 0.282. The topological polar surface area (TPSA) is 34.2 Å². The molecule has 0 saturated heterocycles. The maximum absolute atomic E-state index is 5.71. The third kappa shape index (κ3) is 3.95. The Morgan fingerprint density at radius 2 is 1.51 bits per heavy atom. The number of benzene rings is 4. The molecule has 0 saturated carbocycles. The molecular weight excluding hydrogens is 450 g/mol. The number of hydrogen-bond acceptors (Lipinski definition) is 2. The summed E-state index contributed by atoms with van der Waals surface area (Å²) in [4.78, 5) is 2.23. The molecular formula is C34H29N3. The molecule has 1 atom stereocenters. The van der Waals surface area contributed by atoms with E-state index in [0.29, 0.717) is 0 Å². The second-order valence-corrected chi connectivity index (χ2v) is 9.41. The molecule has 2 N–H and O–H groups in total. The van der Waals surface area contributed by atoms with E-state index in [1.807, 2.05) is 18.2 Å². The van der Waals surface area contributed by atoms with Crippen LogP contribution in [0.4, 0.5) is 5.69 Å². The Morgan fingerprint density at radius 1 is 0.784 bits per heavy atom. The van der Waals surface area contributed by atoms with Crippen molar-refractivity contribution in [1.82, 2.24) is 4.57 Å². The van der Waals surface area contributed by atoms with Gasteiger partial charge in [-0.1, -0.05) is 67.3 Å². The second kappa shape index (κ2) is 9.36. The van der Waals surface area contributed by atoms with Gasteiger partial charge >= 0.3 is 0 Å². The first kappa shape index (κ1) is 22.7. The molecule has 0 aliphatic carbocycles. The zero-order chi connectivity index (χ0) is 25.4. The van der Waals surface area contributed by atoms with E-state index in [-0.39, 0.29) is 6.04 Å². The molecule has 3 nitrogen and oxygen atoms in total. The first-order chi connectivity index (χ1) is 18.2. The van der Waals surface area contributed by atoms with Crippen LogP contribution in [-0.4, -0.2) is 10.6 Å². The van der Waals surface area contributed by atoms with Crippen molar-refractivity contribution in [2.24, 2.45) is 5.73 Å². The molecule has 0 amide bonds. The van der Waals surface area contributed by atoms with Crippen LogP contribution >= 0.6 is 0 Å². The first-order valence-corrected chi connectivity index (χ1v) is 12.6. The smallest absolute Gasteiger partial charge is 0.0541 e.